The van der Waals surface area contributed by atoms with Gasteiger partial charge in [-0.1, -0.05) is 31.2 Å². The zero-order valence-corrected chi connectivity index (χ0v) is 12.8. The van der Waals surface area contributed by atoms with Gasteiger partial charge >= 0.3 is 0 Å². The Morgan fingerprint density at radius 3 is 2.80 bits per heavy atom. The minimum Gasteiger partial charge on any atom is -0.378 e. The molecule has 0 radical (unpaired) electrons. The first kappa shape index (κ1) is 15.5. The highest BCUT2D eigenvalue weighted by molar-refractivity contribution is 5.27. The van der Waals surface area contributed by atoms with Crippen molar-refractivity contribution in [3.8, 4) is 0 Å². The summed E-state index contributed by atoms with van der Waals surface area (Å²) in [7, 11) is 2.01. The molecule has 1 aromatic carbocycles. The molecule has 3 nitrogen and oxygen atoms in total. The molecule has 2 N–H and O–H groups in total. The molecule has 1 aliphatic heterocycles. The molecular weight excluding hydrogens is 248 g/mol. The lowest BCUT2D eigenvalue weighted by Gasteiger charge is -2.18. The van der Waals surface area contributed by atoms with Crippen molar-refractivity contribution in [1.29, 1.82) is 0 Å². The Morgan fingerprint density at radius 2 is 2.05 bits per heavy atom. The number of likely N-dealkylation sites (N-methyl/N-ethyl adjacent to an activating group) is 1. The lowest BCUT2D eigenvalue weighted by molar-refractivity contribution is 0.0872. The van der Waals surface area contributed by atoms with Gasteiger partial charge in [-0.05, 0) is 49.9 Å². The number of nitrogens with one attached hydrogen (secondary N) is 2. The summed E-state index contributed by atoms with van der Waals surface area (Å²) in [6, 6.07) is 8.74. The number of rotatable bonds is 8. The molecule has 1 aliphatic rings. The summed E-state index contributed by atoms with van der Waals surface area (Å²) >= 11 is 0. The van der Waals surface area contributed by atoms with Gasteiger partial charge < -0.3 is 15.4 Å². The van der Waals surface area contributed by atoms with Gasteiger partial charge in [0.05, 0.1) is 6.10 Å². The van der Waals surface area contributed by atoms with Gasteiger partial charge in [-0.3, -0.25) is 0 Å². The Kier molecular flexibility index (Phi) is 6.51. The van der Waals surface area contributed by atoms with Crippen LogP contribution in [0.3, 0.4) is 0 Å². The molecule has 0 spiro atoms. The maximum atomic E-state index is 5.75. The summed E-state index contributed by atoms with van der Waals surface area (Å²) in [5, 5.41) is 6.85. The number of hydrogen-bond donors (Lipinski definition) is 2. The average Bonchev–Trinajstić information content (AvgIpc) is 2.94. The SMILES string of the molecule is CCC1OCCC1CNCc1ccccc1CCNC. The summed E-state index contributed by atoms with van der Waals surface area (Å²) in [5.74, 6) is 0.685. The molecule has 0 aromatic heterocycles. The van der Waals surface area contributed by atoms with Crippen LogP contribution in [0.2, 0.25) is 0 Å². The maximum Gasteiger partial charge on any atom is 0.0613 e. The Morgan fingerprint density at radius 1 is 1.25 bits per heavy atom. The third-order valence-corrected chi connectivity index (χ3v) is 4.23. The van der Waals surface area contributed by atoms with Crippen LogP contribution in [0.25, 0.3) is 0 Å². The van der Waals surface area contributed by atoms with Crippen molar-refractivity contribution in [2.24, 2.45) is 5.92 Å². The van der Waals surface area contributed by atoms with E-state index in [0.717, 1.165) is 39.1 Å². The summed E-state index contributed by atoms with van der Waals surface area (Å²) in [6.45, 7) is 6.22. The van der Waals surface area contributed by atoms with E-state index < -0.39 is 0 Å². The summed E-state index contributed by atoms with van der Waals surface area (Å²) in [5.41, 5.74) is 2.87. The highest BCUT2D eigenvalue weighted by Gasteiger charge is 2.25. The first-order valence-corrected chi connectivity index (χ1v) is 7.88. The van der Waals surface area contributed by atoms with Crippen LogP contribution in [-0.4, -0.2) is 32.8 Å². The third-order valence-electron chi connectivity index (χ3n) is 4.23. The van der Waals surface area contributed by atoms with Crippen LogP contribution in [0.15, 0.2) is 24.3 Å². The smallest absolute Gasteiger partial charge is 0.0613 e. The molecule has 1 aromatic rings. The molecule has 2 unspecified atom stereocenters. The Labute approximate surface area is 123 Å². The van der Waals surface area contributed by atoms with Gasteiger partial charge in [-0.25, -0.2) is 0 Å². The van der Waals surface area contributed by atoms with Crippen LogP contribution in [0.5, 0.6) is 0 Å². The zero-order valence-electron chi connectivity index (χ0n) is 12.8. The molecule has 1 heterocycles. The molecule has 3 heteroatoms. The van der Waals surface area contributed by atoms with Crippen molar-refractivity contribution in [3.05, 3.63) is 35.4 Å². The molecule has 112 valence electrons. The quantitative estimate of drug-likeness (QED) is 0.765. The zero-order chi connectivity index (χ0) is 14.2. The summed E-state index contributed by atoms with van der Waals surface area (Å²) < 4.78 is 5.75. The van der Waals surface area contributed by atoms with Crippen molar-refractivity contribution in [1.82, 2.24) is 10.6 Å². The predicted molar refractivity (Wildman–Crippen MR) is 83.9 cm³/mol. The van der Waals surface area contributed by atoms with E-state index in [2.05, 4.69) is 41.8 Å². The summed E-state index contributed by atoms with van der Waals surface area (Å²) in [4.78, 5) is 0. The van der Waals surface area contributed by atoms with Crippen LogP contribution in [0.1, 0.15) is 30.9 Å². The van der Waals surface area contributed by atoms with Gasteiger partial charge in [-0.2, -0.15) is 0 Å². The molecule has 0 saturated carbocycles. The highest BCUT2D eigenvalue weighted by atomic mass is 16.5. The molecule has 2 rings (SSSR count). The number of ether oxygens (including phenoxy) is 1. The Hall–Kier alpha value is -0.900. The van der Waals surface area contributed by atoms with E-state index in [4.69, 9.17) is 4.74 Å². The fraction of sp³-hybridized carbons (Fsp3) is 0.647. The van der Waals surface area contributed by atoms with Crippen molar-refractivity contribution >= 4 is 0 Å². The van der Waals surface area contributed by atoms with Crippen LogP contribution in [0, 0.1) is 5.92 Å². The maximum absolute atomic E-state index is 5.75. The van der Waals surface area contributed by atoms with Crippen LogP contribution >= 0.6 is 0 Å². The topological polar surface area (TPSA) is 33.3 Å². The van der Waals surface area contributed by atoms with E-state index in [9.17, 15) is 0 Å². The second kappa shape index (κ2) is 8.40. The normalized spacial score (nSPS) is 22.3. The predicted octanol–water partition coefficient (Wildman–Crippen LogP) is 2.35. The molecule has 1 saturated heterocycles. The highest BCUT2D eigenvalue weighted by Crippen LogP contribution is 2.22. The first-order chi connectivity index (χ1) is 9.85. The monoisotopic (exact) mass is 276 g/mol. The first-order valence-electron chi connectivity index (χ1n) is 7.88. The number of hydrogen-bond acceptors (Lipinski definition) is 3. The van der Waals surface area contributed by atoms with E-state index in [-0.39, 0.29) is 0 Å². The minimum absolute atomic E-state index is 0.460. The average molecular weight is 276 g/mol. The minimum atomic E-state index is 0.460. The second-order valence-corrected chi connectivity index (χ2v) is 5.62. The Bertz CT molecular complexity index is 394. The molecule has 0 amide bonds. The fourth-order valence-corrected chi connectivity index (χ4v) is 3.00. The van der Waals surface area contributed by atoms with E-state index in [1.807, 2.05) is 7.05 Å². The Balaban J connectivity index is 1.81. The standard InChI is InChI=1S/C17H28N2O/c1-3-17-16(9-11-20-17)13-19-12-15-7-5-4-6-14(15)8-10-18-2/h4-7,16-19H,3,8-13H2,1-2H3. The van der Waals surface area contributed by atoms with Crippen molar-refractivity contribution in [2.75, 3.05) is 26.7 Å². The van der Waals surface area contributed by atoms with Gasteiger partial charge in [0, 0.05) is 19.7 Å². The largest absolute Gasteiger partial charge is 0.378 e. The van der Waals surface area contributed by atoms with Crippen molar-refractivity contribution in [3.63, 3.8) is 0 Å². The summed E-state index contributed by atoms with van der Waals surface area (Å²) in [6.07, 6.45) is 3.89. The van der Waals surface area contributed by atoms with Crippen LogP contribution < -0.4 is 10.6 Å². The van der Waals surface area contributed by atoms with Crippen molar-refractivity contribution < 1.29 is 4.74 Å². The van der Waals surface area contributed by atoms with Crippen LogP contribution in [0.4, 0.5) is 0 Å². The number of benzene rings is 1. The van der Waals surface area contributed by atoms with E-state index in [1.165, 1.54) is 17.5 Å². The van der Waals surface area contributed by atoms with Gasteiger partial charge in [0.25, 0.3) is 0 Å². The van der Waals surface area contributed by atoms with Crippen molar-refractivity contribution in [2.45, 2.75) is 38.8 Å². The molecule has 0 bridgehead atoms. The molecule has 1 fully saturated rings. The lowest BCUT2D eigenvalue weighted by Crippen LogP contribution is -2.28. The van der Waals surface area contributed by atoms with Gasteiger partial charge in [0.15, 0.2) is 0 Å². The van der Waals surface area contributed by atoms with Gasteiger partial charge in [0.2, 0.25) is 0 Å². The molecule has 2 atom stereocenters. The van der Waals surface area contributed by atoms with E-state index in [0.29, 0.717) is 12.0 Å². The van der Waals surface area contributed by atoms with Gasteiger partial charge in [0.1, 0.15) is 0 Å². The molecule has 0 aliphatic carbocycles. The van der Waals surface area contributed by atoms with E-state index in [1.54, 1.807) is 0 Å². The van der Waals surface area contributed by atoms with Crippen LogP contribution in [-0.2, 0) is 17.7 Å². The third kappa shape index (κ3) is 4.30. The van der Waals surface area contributed by atoms with E-state index >= 15 is 0 Å². The second-order valence-electron chi connectivity index (χ2n) is 5.62. The van der Waals surface area contributed by atoms with Gasteiger partial charge in [-0.15, -0.1) is 0 Å². The molecule has 20 heavy (non-hydrogen) atoms. The lowest BCUT2D eigenvalue weighted by atomic mass is 9.99. The fourth-order valence-electron chi connectivity index (χ4n) is 3.00. The molecular formula is C17H28N2O.